The van der Waals surface area contributed by atoms with E-state index in [0.29, 0.717) is 5.56 Å². The molecule has 0 radical (unpaired) electrons. The first kappa shape index (κ1) is 13.1. The zero-order chi connectivity index (χ0) is 15.1. The molecule has 0 amide bonds. The van der Waals surface area contributed by atoms with Crippen molar-refractivity contribution in [2.24, 2.45) is 0 Å². The van der Waals surface area contributed by atoms with Crippen LogP contribution >= 0.6 is 0 Å². The van der Waals surface area contributed by atoms with Crippen molar-refractivity contribution in [2.75, 3.05) is 0 Å². The summed E-state index contributed by atoms with van der Waals surface area (Å²) in [5.74, 6) is -1.34. The molecule has 0 fully saturated rings. The standard InChI is InChI=1S/C16H12O5/c1-8-3-2-4-9(5-8)16-15(20)14(19)10-6-11(17)12(18)7-13(10)21-16/h2-7,17-18,20H,1H3. The van der Waals surface area contributed by atoms with Crippen LogP contribution in [0.1, 0.15) is 5.56 Å². The first-order valence-corrected chi connectivity index (χ1v) is 6.26. The molecular weight excluding hydrogens is 272 g/mol. The summed E-state index contributed by atoms with van der Waals surface area (Å²) in [6.07, 6.45) is 0. The number of rotatable bonds is 1. The summed E-state index contributed by atoms with van der Waals surface area (Å²) in [5.41, 5.74) is 0.926. The fraction of sp³-hybridized carbons (Fsp3) is 0.0625. The molecule has 0 bridgehead atoms. The van der Waals surface area contributed by atoms with E-state index < -0.39 is 22.7 Å². The Morgan fingerprint density at radius 1 is 1.00 bits per heavy atom. The van der Waals surface area contributed by atoms with Gasteiger partial charge >= 0.3 is 0 Å². The molecule has 1 aromatic heterocycles. The van der Waals surface area contributed by atoms with Crippen LogP contribution in [-0.4, -0.2) is 15.3 Å². The molecule has 0 unspecified atom stereocenters. The number of hydrogen-bond donors (Lipinski definition) is 3. The number of hydrogen-bond acceptors (Lipinski definition) is 5. The van der Waals surface area contributed by atoms with Crippen molar-refractivity contribution in [1.29, 1.82) is 0 Å². The van der Waals surface area contributed by atoms with Gasteiger partial charge in [-0.05, 0) is 19.1 Å². The normalized spacial score (nSPS) is 10.9. The van der Waals surface area contributed by atoms with E-state index in [-0.39, 0.29) is 16.7 Å². The first-order chi connectivity index (χ1) is 9.97. The topological polar surface area (TPSA) is 90.9 Å². The number of benzene rings is 2. The number of aromatic hydroxyl groups is 3. The molecule has 3 rings (SSSR count). The highest BCUT2D eigenvalue weighted by Crippen LogP contribution is 2.34. The number of fused-ring (bicyclic) bond motifs is 1. The molecule has 0 aliphatic rings. The monoisotopic (exact) mass is 284 g/mol. The second-order valence-corrected chi connectivity index (χ2v) is 4.82. The van der Waals surface area contributed by atoms with E-state index in [1.54, 1.807) is 18.2 Å². The van der Waals surface area contributed by atoms with Crippen LogP contribution in [0, 0.1) is 6.92 Å². The van der Waals surface area contributed by atoms with E-state index in [1.165, 1.54) is 0 Å². The van der Waals surface area contributed by atoms with Crippen molar-refractivity contribution < 1.29 is 19.7 Å². The maximum Gasteiger partial charge on any atom is 0.235 e. The molecule has 3 aromatic rings. The van der Waals surface area contributed by atoms with Gasteiger partial charge in [-0.2, -0.15) is 0 Å². The van der Waals surface area contributed by atoms with Crippen LogP contribution in [0.25, 0.3) is 22.3 Å². The lowest BCUT2D eigenvalue weighted by Gasteiger charge is -2.07. The minimum Gasteiger partial charge on any atom is -0.504 e. The van der Waals surface area contributed by atoms with Crippen molar-refractivity contribution in [2.45, 2.75) is 6.92 Å². The smallest absolute Gasteiger partial charge is 0.235 e. The summed E-state index contributed by atoms with van der Waals surface area (Å²) in [6, 6.07) is 9.34. The third-order valence-corrected chi connectivity index (χ3v) is 3.24. The lowest BCUT2D eigenvalue weighted by atomic mass is 10.1. The van der Waals surface area contributed by atoms with Gasteiger partial charge in [-0.15, -0.1) is 0 Å². The molecule has 1 heterocycles. The second kappa shape index (κ2) is 4.56. The van der Waals surface area contributed by atoms with Crippen LogP contribution in [-0.2, 0) is 0 Å². The number of phenols is 2. The molecule has 21 heavy (non-hydrogen) atoms. The Hall–Kier alpha value is -2.95. The van der Waals surface area contributed by atoms with E-state index in [4.69, 9.17) is 4.42 Å². The summed E-state index contributed by atoms with van der Waals surface area (Å²) < 4.78 is 5.53. The van der Waals surface area contributed by atoms with E-state index >= 15 is 0 Å². The summed E-state index contributed by atoms with van der Waals surface area (Å²) in [7, 11) is 0. The summed E-state index contributed by atoms with van der Waals surface area (Å²) in [4.78, 5) is 12.2. The van der Waals surface area contributed by atoms with E-state index in [2.05, 4.69) is 0 Å². The minimum atomic E-state index is -0.664. The maximum absolute atomic E-state index is 12.2. The zero-order valence-electron chi connectivity index (χ0n) is 11.1. The molecule has 3 N–H and O–H groups in total. The van der Waals surface area contributed by atoms with E-state index in [0.717, 1.165) is 17.7 Å². The lowest BCUT2D eigenvalue weighted by Crippen LogP contribution is -2.02. The van der Waals surface area contributed by atoms with Crippen LogP contribution in [0.5, 0.6) is 17.2 Å². The Bertz CT molecular complexity index is 908. The summed E-state index contributed by atoms with van der Waals surface area (Å²) >= 11 is 0. The predicted molar refractivity (Wildman–Crippen MR) is 77.7 cm³/mol. The van der Waals surface area contributed by atoms with Gasteiger partial charge in [0.1, 0.15) is 5.58 Å². The zero-order valence-corrected chi connectivity index (χ0v) is 11.1. The highest BCUT2D eigenvalue weighted by atomic mass is 16.4. The molecular formula is C16H12O5. The van der Waals surface area contributed by atoms with E-state index in [9.17, 15) is 20.1 Å². The van der Waals surface area contributed by atoms with Gasteiger partial charge < -0.3 is 19.7 Å². The molecule has 106 valence electrons. The van der Waals surface area contributed by atoms with Crippen molar-refractivity contribution in [3.63, 3.8) is 0 Å². The van der Waals surface area contributed by atoms with Crippen molar-refractivity contribution >= 4 is 11.0 Å². The van der Waals surface area contributed by atoms with Crippen LogP contribution in [0.4, 0.5) is 0 Å². The highest BCUT2D eigenvalue weighted by Gasteiger charge is 2.17. The number of aryl methyl sites for hydroxylation is 1. The number of phenolic OH excluding ortho intramolecular Hbond substituents is 2. The average molecular weight is 284 g/mol. The van der Waals surface area contributed by atoms with Gasteiger partial charge in [-0.3, -0.25) is 4.79 Å². The molecule has 0 aliphatic carbocycles. The van der Waals surface area contributed by atoms with Crippen LogP contribution in [0.15, 0.2) is 45.6 Å². The third-order valence-electron chi connectivity index (χ3n) is 3.24. The summed E-state index contributed by atoms with van der Waals surface area (Å²) in [5, 5.41) is 29.0. The predicted octanol–water partition coefficient (Wildman–Crippen LogP) is 2.89. The Morgan fingerprint density at radius 3 is 2.43 bits per heavy atom. The van der Waals surface area contributed by atoms with Gasteiger partial charge in [0.15, 0.2) is 17.3 Å². The lowest BCUT2D eigenvalue weighted by molar-refractivity contribution is 0.403. The highest BCUT2D eigenvalue weighted by molar-refractivity contribution is 5.84. The Morgan fingerprint density at radius 2 is 1.71 bits per heavy atom. The molecule has 0 spiro atoms. The fourth-order valence-corrected chi connectivity index (χ4v) is 2.19. The van der Waals surface area contributed by atoms with Crippen molar-refractivity contribution in [3.05, 3.63) is 52.2 Å². The van der Waals surface area contributed by atoms with Gasteiger partial charge in [0, 0.05) is 11.6 Å². The Labute approximate surface area is 119 Å². The molecule has 2 aromatic carbocycles. The molecule has 5 nitrogen and oxygen atoms in total. The van der Waals surface area contributed by atoms with E-state index in [1.807, 2.05) is 13.0 Å². The molecule has 0 aliphatic heterocycles. The molecule has 0 saturated heterocycles. The van der Waals surface area contributed by atoms with Crippen LogP contribution in [0.2, 0.25) is 0 Å². The van der Waals surface area contributed by atoms with Gasteiger partial charge in [0.25, 0.3) is 0 Å². The first-order valence-electron chi connectivity index (χ1n) is 6.26. The molecule has 0 atom stereocenters. The Kier molecular flexibility index (Phi) is 2.83. The van der Waals surface area contributed by atoms with Crippen LogP contribution < -0.4 is 5.43 Å². The quantitative estimate of drug-likeness (QED) is 0.598. The van der Waals surface area contributed by atoms with Gasteiger partial charge in [0.05, 0.1) is 5.39 Å². The largest absolute Gasteiger partial charge is 0.504 e. The van der Waals surface area contributed by atoms with Crippen molar-refractivity contribution in [3.8, 4) is 28.6 Å². The molecule has 5 heteroatoms. The van der Waals surface area contributed by atoms with Crippen molar-refractivity contribution in [1.82, 2.24) is 0 Å². The Balaban J connectivity index is 2.37. The van der Waals surface area contributed by atoms with Gasteiger partial charge in [-0.25, -0.2) is 0 Å². The second-order valence-electron chi connectivity index (χ2n) is 4.82. The van der Waals surface area contributed by atoms with Crippen LogP contribution in [0.3, 0.4) is 0 Å². The average Bonchev–Trinajstić information content (AvgIpc) is 2.45. The third kappa shape index (κ3) is 2.08. The summed E-state index contributed by atoms with van der Waals surface area (Å²) in [6.45, 7) is 1.88. The maximum atomic E-state index is 12.2. The SMILES string of the molecule is Cc1cccc(-c2oc3cc(O)c(O)cc3c(=O)c2O)c1. The minimum absolute atomic E-state index is 0.000738. The van der Waals surface area contributed by atoms with Gasteiger partial charge in [0.2, 0.25) is 11.2 Å². The molecule has 0 saturated carbocycles. The fourth-order valence-electron chi connectivity index (χ4n) is 2.19. The van der Waals surface area contributed by atoms with Gasteiger partial charge in [-0.1, -0.05) is 23.8 Å².